The monoisotopic (exact) mass is 506 g/mol. The van der Waals surface area contributed by atoms with Crippen LogP contribution >= 0.6 is 0 Å². The van der Waals surface area contributed by atoms with E-state index < -0.39 is 0 Å². The molecular formula is C25H28Y2-2. The molecule has 0 atom stereocenters. The molecule has 2 heteroatoms. The summed E-state index contributed by atoms with van der Waals surface area (Å²) in [5.74, 6) is 0. The SMILES string of the molecule is C[C-]=C(C)C.C[C-]=C(C)c1ccccc1.[Y].[Y].c1ccc2ccccc2c1. The molecule has 0 nitrogen and oxygen atoms in total. The number of fused-ring (bicyclic) bond motifs is 1. The Labute approximate surface area is 216 Å². The van der Waals surface area contributed by atoms with Crippen LogP contribution in [0.2, 0.25) is 0 Å². The van der Waals surface area contributed by atoms with Gasteiger partial charge in [0.25, 0.3) is 0 Å². The standard InChI is InChI=1S/C10H8.C10H11.C5H9.2Y/c1-2-6-10-8-4-3-7-9(10)5-1;1-3-9(2)10-7-5-4-6-8-10;1-4-5(2)3;;/h1-8H;4-8H,1-2H3;1-3H3;;/q;2*-1;;. The maximum atomic E-state index is 3.10. The molecule has 3 rings (SSSR count). The molecule has 0 heterocycles. The van der Waals surface area contributed by atoms with Crippen LogP contribution in [-0.4, -0.2) is 0 Å². The van der Waals surface area contributed by atoms with Crippen molar-refractivity contribution in [2.75, 3.05) is 0 Å². The van der Waals surface area contributed by atoms with Gasteiger partial charge in [-0.3, -0.25) is 11.6 Å². The molecule has 0 bridgehead atoms. The molecule has 3 aromatic rings. The molecule has 0 spiro atoms. The summed E-state index contributed by atoms with van der Waals surface area (Å²) in [6.07, 6.45) is 6.04. The second kappa shape index (κ2) is 17.7. The fourth-order valence-corrected chi connectivity index (χ4v) is 1.97. The van der Waals surface area contributed by atoms with Crippen molar-refractivity contribution in [3.8, 4) is 0 Å². The first kappa shape index (κ1) is 28.8. The number of hydrogen-bond donors (Lipinski definition) is 0. The largest absolute Gasteiger partial charge is 0.501 e. The van der Waals surface area contributed by atoms with Crippen LogP contribution in [0, 0.1) is 12.2 Å². The Morgan fingerprint density at radius 1 is 0.556 bits per heavy atom. The van der Waals surface area contributed by atoms with E-state index in [0.717, 1.165) is 0 Å². The van der Waals surface area contributed by atoms with E-state index >= 15 is 0 Å². The van der Waals surface area contributed by atoms with Gasteiger partial charge < -0.3 is 6.08 Å². The average molecular weight is 506 g/mol. The summed E-state index contributed by atoms with van der Waals surface area (Å²) in [5, 5.41) is 2.62. The minimum atomic E-state index is 0. The fraction of sp³-hybridized carbons (Fsp3) is 0.200. The Hall–Kier alpha value is -0.392. The van der Waals surface area contributed by atoms with Gasteiger partial charge in [0.15, 0.2) is 0 Å². The third-order valence-electron chi connectivity index (χ3n) is 3.74. The van der Waals surface area contributed by atoms with E-state index in [4.69, 9.17) is 0 Å². The summed E-state index contributed by atoms with van der Waals surface area (Å²) >= 11 is 0. The van der Waals surface area contributed by atoms with Gasteiger partial charge >= 0.3 is 0 Å². The van der Waals surface area contributed by atoms with Gasteiger partial charge in [-0.05, 0) is 10.8 Å². The maximum absolute atomic E-state index is 3.10. The molecule has 3 aromatic carbocycles. The molecule has 2 radical (unpaired) electrons. The normalized spacial score (nSPS) is 9.30. The van der Waals surface area contributed by atoms with Crippen LogP contribution in [0.3, 0.4) is 0 Å². The third-order valence-corrected chi connectivity index (χ3v) is 3.74. The molecule has 0 aliphatic rings. The zero-order chi connectivity index (χ0) is 18.5. The summed E-state index contributed by atoms with van der Waals surface area (Å²) in [6, 6.07) is 27.0. The zero-order valence-electron chi connectivity index (χ0n) is 17.2. The first-order valence-corrected chi connectivity index (χ1v) is 8.57. The number of rotatable bonds is 1. The Kier molecular flexibility index (Phi) is 18.9. The van der Waals surface area contributed by atoms with Crippen molar-refractivity contribution >= 4 is 16.3 Å². The first-order valence-electron chi connectivity index (χ1n) is 8.57. The van der Waals surface area contributed by atoms with Crippen LogP contribution in [0.5, 0.6) is 0 Å². The van der Waals surface area contributed by atoms with Gasteiger partial charge in [-0.2, -0.15) is 12.5 Å². The maximum Gasteiger partial charge on any atom is 0 e. The minimum Gasteiger partial charge on any atom is -0.501 e. The predicted molar refractivity (Wildman–Crippen MR) is 112 cm³/mol. The Morgan fingerprint density at radius 3 is 1.19 bits per heavy atom. The Balaban J connectivity index is 0. The molecule has 0 N–H and O–H groups in total. The van der Waals surface area contributed by atoms with Crippen LogP contribution in [-0.2, 0) is 65.4 Å². The second-order valence-corrected chi connectivity index (χ2v) is 5.84. The molecule has 0 amide bonds. The van der Waals surface area contributed by atoms with Crippen LogP contribution in [0.4, 0.5) is 0 Å². The number of hydrogen-bond acceptors (Lipinski definition) is 0. The second-order valence-electron chi connectivity index (χ2n) is 5.84. The summed E-state index contributed by atoms with van der Waals surface area (Å²) in [5.41, 5.74) is 3.72. The number of benzene rings is 3. The van der Waals surface area contributed by atoms with Crippen LogP contribution in [0.1, 0.15) is 40.2 Å². The third kappa shape index (κ3) is 12.6. The molecule has 0 fully saturated rings. The van der Waals surface area contributed by atoms with E-state index in [1.165, 1.54) is 27.5 Å². The summed E-state index contributed by atoms with van der Waals surface area (Å²) in [4.78, 5) is 0. The van der Waals surface area contributed by atoms with E-state index in [1.807, 2.05) is 45.9 Å². The Bertz CT molecular complexity index is 733. The quantitative estimate of drug-likeness (QED) is 0.300. The van der Waals surface area contributed by atoms with Crippen molar-refractivity contribution in [3.63, 3.8) is 0 Å². The van der Waals surface area contributed by atoms with Gasteiger partial charge in [0.2, 0.25) is 0 Å². The van der Waals surface area contributed by atoms with Crippen molar-refractivity contribution in [1.82, 2.24) is 0 Å². The van der Waals surface area contributed by atoms with E-state index in [-0.39, 0.29) is 65.4 Å². The fourth-order valence-electron chi connectivity index (χ4n) is 1.97. The first-order chi connectivity index (χ1) is 12.1. The van der Waals surface area contributed by atoms with Gasteiger partial charge in [-0.25, -0.2) is 5.57 Å². The van der Waals surface area contributed by atoms with Gasteiger partial charge in [-0.1, -0.05) is 87.5 Å². The molecule has 0 aromatic heterocycles. The van der Waals surface area contributed by atoms with Crippen LogP contribution in [0.15, 0.2) is 84.4 Å². The summed E-state index contributed by atoms with van der Waals surface area (Å²) in [6.45, 7) is 9.97. The topological polar surface area (TPSA) is 0 Å². The summed E-state index contributed by atoms with van der Waals surface area (Å²) in [7, 11) is 0. The zero-order valence-corrected chi connectivity index (χ0v) is 22.8. The predicted octanol–water partition coefficient (Wildman–Crippen LogP) is 7.52. The minimum absolute atomic E-state index is 0. The molecular weight excluding hydrogens is 478 g/mol. The average Bonchev–Trinajstić information content (AvgIpc) is 2.69. The molecule has 0 saturated carbocycles. The van der Waals surface area contributed by atoms with Crippen molar-refractivity contribution in [3.05, 3.63) is 102 Å². The summed E-state index contributed by atoms with van der Waals surface area (Å²) < 4.78 is 0. The molecule has 136 valence electrons. The Morgan fingerprint density at radius 2 is 0.889 bits per heavy atom. The van der Waals surface area contributed by atoms with Crippen LogP contribution in [0.25, 0.3) is 16.3 Å². The van der Waals surface area contributed by atoms with Crippen molar-refractivity contribution in [2.24, 2.45) is 0 Å². The van der Waals surface area contributed by atoms with Crippen molar-refractivity contribution < 1.29 is 65.4 Å². The van der Waals surface area contributed by atoms with Gasteiger partial charge in [0.1, 0.15) is 0 Å². The van der Waals surface area contributed by atoms with E-state index in [0.29, 0.717) is 0 Å². The van der Waals surface area contributed by atoms with Gasteiger partial charge in [0, 0.05) is 65.4 Å². The number of allylic oxidation sites excluding steroid dienone is 4. The molecule has 0 saturated heterocycles. The molecule has 0 aliphatic heterocycles. The van der Waals surface area contributed by atoms with Crippen LogP contribution < -0.4 is 0 Å². The molecule has 27 heavy (non-hydrogen) atoms. The smallest absolute Gasteiger partial charge is 0 e. The van der Waals surface area contributed by atoms with E-state index in [1.54, 1.807) is 0 Å². The van der Waals surface area contributed by atoms with Crippen molar-refractivity contribution in [1.29, 1.82) is 0 Å². The van der Waals surface area contributed by atoms with Gasteiger partial charge in [0.05, 0.1) is 0 Å². The van der Waals surface area contributed by atoms with Gasteiger partial charge in [-0.15, -0.1) is 19.1 Å². The molecule has 0 unspecified atom stereocenters. The van der Waals surface area contributed by atoms with E-state index in [9.17, 15) is 0 Å². The van der Waals surface area contributed by atoms with E-state index in [2.05, 4.69) is 79.7 Å². The molecule has 0 aliphatic carbocycles. The van der Waals surface area contributed by atoms with Crippen molar-refractivity contribution in [2.45, 2.75) is 34.6 Å².